The number of primary amides is 1. The number of phenolic OH excluding ortho intramolecular Hbond substituents is 4. The van der Waals surface area contributed by atoms with Gasteiger partial charge in [-0.1, -0.05) is 62.2 Å². The van der Waals surface area contributed by atoms with Gasteiger partial charge in [0.2, 0.25) is 35.3 Å². The zero-order chi connectivity index (χ0) is 58.2. The van der Waals surface area contributed by atoms with Gasteiger partial charge in [-0.3, -0.25) is 33.6 Å². The molecule has 0 aromatic heterocycles. The van der Waals surface area contributed by atoms with Gasteiger partial charge in [0, 0.05) is 47.9 Å². The van der Waals surface area contributed by atoms with Crippen LogP contribution in [0.25, 0.3) is 11.1 Å². The summed E-state index contributed by atoms with van der Waals surface area (Å²) in [6.07, 6.45) is -5.85. The van der Waals surface area contributed by atoms with Crippen LogP contribution >= 0.6 is 23.2 Å². The number of ether oxygens (including phenoxy) is 2. The van der Waals surface area contributed by atoms with Gasteiger partial charge in [-0.25, -0.2) is 4.79 Å². The van der Waals surface area contributed by atoms with E-state index in [1.807, 2.05) is 13.8 Å². The molecule has 0 fully saturated rings. The molecule has 420 valence electrons. The summed E-state index contributed by atoms with van der Waals surface area (Å²) in [6, 6.07) is 6.60. The van der Waals surface area contributed by atoms with Crippen LogP contribution in [0.4, 0.5) is 0 Å². The first-order valence-corrected chi connectivity index (χ1v) is 25.9. The fraction of sp³-hybridized carbons (Fsp3) is 0.321. The van der Waals surface area contributed by atoms with Crippen LogP contribution in [0.1, 0.15) is 111 Å². The van der Waals surface area contributed by atoms with E-state index in [-0.39, 0.29) is 55.3 Å². The third-order valence-electron chi connectivity index (χ3n) is 14.2. The molecule has 0 saturated heterocycles. The van der Waals surface area contributed by atoms with Crippen molar-refractivity contribution >= 4 is 70.3 Å². The number of nitrogens with two attached hydrogens (primary N) is 1. The maximum Gasteiger partial charge on any atom is 0.330 e. The number of hydrogen-bond acceptors (Lipinski definition) is 16. The highest BCUT2D eigenvalue weighted by atomic mass is 35.5. The van der Waals surface area contributed by atoms with Crippen molar-refractivity contribution in [2.75, 3.05) is 0 Å². The van der Waals surface area contributed by atoms with Crippen molar-refractivity contribution in [3.8, 4) is 57.1 Å². The lowest BCUT2D eigenvalue weighted by atomic mass is 9.84. The quantitative estimate of drug-likeness (QED) is 0.0872. The third kappa shape index (κ3) is 12.1. The number of hydrogen-bond donors (Lipinski definition) is 12. The number of phenols is 4. The van der Waals surface area contributed by atoms with Crippen LogP contribution in [0.5, 0.6) is 46.0 Å². The smallest absolute Gasteiger partial charge is 0.330 e. The first-order valence-electron chi connectivity index (χ1n) is 25.2. The number of ketones is 2. The van der Waals surface area contributed by atoms with E-state index in [1.165, 1.54) is 36.4 Å². The van der Waals surface area contributed by atoms with Crippen molar-refractivity contribution in [1.29, 1.82) is 0 Å². The lowest BCUT2D eigenvalue weighted by Gasteiger charge is -2.30. The molecule has 5 aromatic rings. The summed E-state index contributed by atoms with van der Waals surface area (Å²) in [5.41, 5.74) is 3.81. The summed E-state index contributed by atoms with van der Waals surface area (Å²) in [4.78, 5) is 114. The van der Waals surface area contributed by atoms with Gasteiger partial charge in [0.1, 0.15) is 59.1 Å². The maximum absolute atomic E-state index is 15.5. The molecule has 13 N–H and O–H groups in total. The fourth-order valence-corrected chi connectivity index (χ4v) is 10.5. The van der Waals surface area contributed by atoms with E-state index in [9.17, 15) is 64.5 Å². The molecule has 9 unspecified atom stereocenters. The van der Waals surface area contributed by atoms with Gasteiger partial charge in [0.25, 0.3) is 0 Å². The summed E-state index contributed by atoms with van der Waals surface area (Å²) in [5, 5.41) is 89.1. The predicted molar refractivity (Wildman–Crippen MR) is 284 cm³/mol. The number of carbonyl (C=O) groups is 8. The van der Waals surface area contributed by atoms with Crippen molar-refractivity contribution in [1.82, 2.24) is 21.3 Å². The normalized spacial score (nSPS) is 22.6. The molecule has 0 saturated carbocycles. The monoisotopic (exact) mass is 1140 g/mol. The Morgan fingerprint density at radius 2 is 1.31 bits per heavy atom. The molecular formula is C56H55Cl2N5O17. The van der Waals surface area contributed by atoms with Crippen molar-refractivity contribution < 1.29 is 83.6 Å². The van der Waals surface area contributed by atoms with Crippen LogP contribution in [0.3, 0.4) is 0 Å². The number of halogens is 2. The molecule has 9 atom stereocenters. The highest BCUT2D eigenvalue weighted by molar-refractivity contribution is 6.32. The molecule has 5 amide bonds. The van der Waals surface area contributed by atoms with E-state index < -0.39 is 166 Å². The lowest BCUT2D eigenvalue weighted by Crippen LogP contribution is -2.53. The van der Waals surface area contributed by atoms with Crippen LogP contribution in [0, 0.1) is 17.8 Å². The van der Waals surface area contributed by atoms with Crippen LogP contribution in [-0.2, 0) is 38.4 Å². The molecule has 24 heteroatoms. The SMILES string of the molecule is CCC(CC(C)C)C(=O)NC1C(=O)CC(CC(N)=O)C(=O)NC2C(=O)CC3C(=O)NC(C(=O)NC(C(=O)O)c4cc(O)cc(O)c4-c4cc3ccc4O)C(O)c3ccc(c(Cl)c3)Oc3cc2cc(c3O)Oc2ccc(cc2Cl)C1O. The number of benzene rings is 5. The maximum atomic E-state index is 15.5. The van der Waals surface area contributed by atoms with Crippen LogP contribution in [0.2, 0.25) is 10.0 Å². The van der Waals surface area contributed by atoms with E-state index in [1.54, 1.807) is 6.92 Å². The predicted octanol–water partition coefficient (Wildman–Crippen LogP) is 5.81. The Labute approximate surface area is 465 Å². The Balaban J connectivity index is 1.36. The third-order valence-corrected chi connectivity index (χ3v) is 14.8. The number of aliphatic hydroxyl groups is 2. The van der Waals surface area contributed by atoms with Crippen molar-refractivity contribution in [3.63, 3.8) is 0 Å². The lowest BCUT2D eigenvalue weighted by molar-refractivity contribution is -0.143. The number of carbonyl (C=O) groups excluding carboxylic acids is 7. The first kappa shape index (κ1) is 57.7. The number of rotatable bonds is 8. The zero-order valence-corrected chi connectivity index (χ0v) is 44.4. The second-order valence-electron chi connectivity index (χ2n) is 20.2. The second kappa shape index (κ2) is 23.5. The van der Waals surface area contributed by atoms with Gasteiger partial charge in [-0.05, 0) is 95.6 Å². The number of Topliss-reactive ketones (excluding diaryl/α,β-unsaturated/α-hetero) is 2. The second-order valence-corrected chi connectivity index (χ2v) is 21.0. The molecule has 5 aliphatic heterocycles. The Morgan fingerprint density at radius 1 is 0.700 bits per heavy atom. The summed E-state index contributed by atoms with van der Waals surface area (Å²) in [5.74, 6) is -17.6. The van der Waals surface area contributed by atoms with Crippen molar-refractivity contribution in [2.24, 2.45) is 23.5 Å². The molecular weight excluding hydrogens is 1090 g/mol. The van der Waals surface area contributed by atoms with Crippen LogP contribution in [0.15, 0.2) is 78.9 Å². The molecule has 10 rings (SSSR count). The van der Waals surface area contributed by atoms with E-state index in [0.29, 0.717) is 12.8 Å². The number of carboxylic acids is 1. The van der Waals surface area contributed by atoms with Gasteiger partial charge in [0.05, 0.1) is 21.9 Å². The Kier molecular flexibility index (Phi) is 16.9. The molecule has 0 aliphatic carbocycles. The topological polar surface area (TPSA) is 371 Å². The first-order chi connectivity index (χ1) is 37.8. The number of carboxylic acid groups (broad SMARTS) is 1. The summed E-state index contributed by atoms with van der Waals surface area (Å²) in [6.45, 7) is 5.56. The zero-order valence-electron chi connectivity index (χ0n) is 42.9. The summed E-state index contributed by atoms with van der Waals surface area (Å²) >= 11 is 13.5. The van der Waals surface area contributed by atoms with Gasteiger partial charge in [-0.2, -0.15) is 0 Å². The average Bonchev–Trinajstić information content (AvgIpc) is 3.39. The van der Waals surface area contributed by atoms with E-state index in [2.05, 4.69) is 21.3 Å². The Bertz CT molecular complexity index is 3370. The van der Waals surface area contributed by atoms with Crippen LogP contribution in [-0.4, -0.2) is 94.9 Å². The molecule has 0 spiro atoms. The highest BCUT2D eigenvalue weighted by Gasteiger charge is 2.42. The molecule has 80 heavy (non-hydrogen) atoms. The molecule has 11 bridgehead atoms. The number of nitrogens with one attached hydrogen (secondary N) is 4. The van der Waals surface area contributed by atoms with E-state index in [0.717, 1.165) is 42.5 Å². The molecule has 22 nitrogen and oxygen atoms in total. The van der Waals surface area contributed by atoms with Gasteiger partial charge in [-0.15, -0.1) is 0 Å². The van der Waals surface area contributed by atoms with Crippen molar-refractivity contribution in [2.45, 2.75) is 95.2 Å². The number of aliphatic carboxylic acids is 1. The number of fused-ring (bicyclic) bond motifs is 15. The Morgan fingerprint density at radius 3 is 1.89 bits per heavy atom. The minimum Gasteiger partial charge on any atom is -0.508 e. The molecule has 5 aromatic carbocycles. The van der Waals surface area contributed by atoms with Gasteiger partial charge >= 0.3 is 5.97 Å². The number of aliphatic hydroxyl groups excluding tert-OH is 2. The van der Waals surface area contributed by atoms with Crippen LogP contribution < -0.4 is 36.5 Å². The van der Waals surface area contributed by atoms with Gasteiger partial charge in [0.15, 0.2) is 29.1 Å². The number of aromatic hydroxyl groups is 4. The van der Waals surface area contributed by atoms with Gasteiger partial charge < -0.3 is 72.2 Å². The highest BCUT2D eigenvalue weighted by Crippen LogP contribution is 2.48. The minimum absolute atomic E-state index is 0.00172. The minimum atomic E-state index is -2.15. The number of amides is 5. The standard InChI is InChI=1S/C56H55Cl2N5O17/c1-4-23(11-22(2)3)52(73)62-47-37(67)15-28(18-43(59)69)53(74)60-45-27-16-41(79-39-9-6-25(49(47)70)13-33(39)57)51(72)42(17-27)80-40-10-7-26(14-34(40)58)50(71)48-55(76)61-46(56(77)78)32-19-29(64)20-36(66)44(32)31-12-24(5-8-35(31)65)30(21-38(45)68)54(75)63-48/h5-10,12-14,16-17,19-20,22-23,28,30,45-50,64-66,70-72H,4,11,15,18,21H2,1-3H3,(H2,59,69)(H,60,74)(H,61,76)(H,62,73)(H,63,75)(H,77,78). The molecule has 5 heterocycles. The summed E-state index contributed by atoms with van der Waals surface area (Å²) < 4.78 is 12.3. The largest absolute Gasteiger partial charge is 0.508 e. The molecule has 5 aliphatic rings. The summed E-state index contributed by atoms with van der Waals surface area (Å²) in [7, 11) is 0. The molecule has 0 radical (unpaired) electrons. The average molecular weight is 1140 g/mol. The Hall–Kier alpha value is -8.44. The van der Waals surface area contributed by atoms with Crippen molar-refractivity contribution in [3.05, 3.63) is 117 Å². The fourth-order valence-electron chi connectivity index (χ4n) is 10.1. The van der Waals surface area contributed by atoms with E-state index in [4.69, 9.17) is 38.4 Å². The van der Waals surface area contributed by atoms with E-state index >= 15 is 9.59 Å².